The lowest BCUT2D eigenvalue weighted by molar-refractivity contribution is 0.340. The second kappa shape index (κ2) is 5.57. The Kier molecular flexibility index (Phi) is 4.04. The number of anilines is 1. The number of nitrogens with zero attached hydrogens (tertiary/aromatic N) is 4. The van der Waals surface area contributed by atoms with E-state index in [4.69, 9.17) is 17.3 Å². The number of rotatable bonds is 4. The monoisotopic (exact) mass is 279 g/mol. The van der Waals surface area contributed by atoms with E-state index in [1.807, 2.05) is 6.07 Å². The van der Waals surface area contributed by atoms with Crippen LogP contribution < -0.4 is 5.73 Å². The van der Waals surface area contributed by atoms with Crippen molar-refractivity contribution in [1.82, 2.24) is 20.2 Å². The minimum absolute atomic E-state index is 0.186. The molecule has 1 aromatic carbocycles. The molecule has 0 bridgehead atoms. The first-order valence-electron chi connectivity index (χ1n) is 6.38. The van der Waals surface area contributed by atoms with E-state index in [2.05, 4.69) is 36.3 Å². The van der Waals surface area contributed by atoms with Gasteiger partial charge in [0.05, 0.1) is 16.6 Å². The van der Waals surface area contributed by atoms with E-state index in [0.29, 0.717) is 28.0 Å². The maximum absolute atomic E-state index is 6.22. The molecule has 0 aliphatic rings. The van der Waals surface area contributed by atoms with Crippen molar-refractivity contribution in [3.63, 3.8) is 0 Å². The molecule has 2 aromatic rings. The van der Waals surface area contributed by atoms with Gasteiger partial charge in [0.15, 0.2) is 5.82 Å². The third-order valence-corrected chi connectivity index (χ3v) is 3.93. The van der Waals surface area contributed by atoms with E-state index in [1.165, 1.54) is 0 Å². The van der Waals surface area contributed by atoms with Gasteiger partial charge in [-0.2, -0.15) is 0 Å². The lowest BCUT2D eigenvalue weighted by Crippen LogP contribution is -2.16. The van der Waals surface area contributed by atoms with Crippen LogP contribution in [0.4, 0.5) is 5.69 Å². The topological polar surface area (TPSA) is 69.6 Å². The summed E-state index contributed by atoms with van der Waals surface area (Å²) < 4.78 is 1.80. The molecule has 1 aromatic heterocycles. The number of hydrogen-bond donors (Lipinski definition) is 1. The summed E-state index contributed by atoms with van der Waals surface area (Å²) in [5, 5.41) is 12.5. The first-order chi connectivity index (χ1) is 9.06. The zero-order valence-electron chi connectivity index (χ0n) is 11.3. The fourth-order valence-electron chi connectivity index (χ4n) is 1.99. The second-order valence-electron chi connectivity index (χ2n) is 4.78. The van der Waals surface area contributed by atoms with Crippen molar-refractivity contribution in [1.29, 1.82) is 0 Å². The van der Waals surface area contributed by atoms with Crippen LogP contribution in [0.25, 0.3) is 11.4 Å². The predicted molar refractivity (Wildman–Crippen MR) is 76.8 cm³/mol. The highest BCUT2D eigenvalue weighted by Gasteiger charge is 2.21. The van der Waals surface area contributed by atoms with Crippen molar-refractivity contribution in [3.05, 3.63) is 23.2 Å². The minimum atomic E-state index is 0.186. The van der Waals surface area contributed by atoms with Crippen molar-refractivity contribution >= 4 is 17.3 Å². The summed E-state index contributed by atoms with van der Waals surface area (Å²) in [5.41, 5.74) is 7.28. The van der Waals surface area contributed by atoms with Crippen LogP contribution in [0, 0.1) is 5.92 Å². The van der Waals surface area contributed by atoms with Crippen molar-refractivity contribution < 1.29 is 0 Å². The van der Waals surface area contributed by atoms with Crippen molar-refractivity contribution in [3.8, 4) is 11.4 Å². The summed E-state index contributed by atoms with van der Waals surface area (Å²) in [6.45, 7) is 6.42. The standard InChI is InChI=1S/C13H18ClN5/c1-4-8(2)9(3)19-13(16-17-18-19)12-10(14)6-5-7-11(12)15/h5-9H,4,15H2,1-3H3. The first-order valence-corrected chi connectivity index (χ1v) is 6.76. The van der Waals surface area contributed by atoms with Gasteiger partial charge in [-0.15, -0.1) is 5.10 Å². The number of halogens is 1. The fourth-order valence-corrected chi connectivity index (χ4v) is 2.26. The van der Waals surface area contributed by atoms with Gasteiger partial charge in [-0.3, -0.25) is 0 Å². The molecule has 1 heterocycles. The van der Waals surface area contributed by atoms with E-state index < -0.39 is 0 Å². The minimum Gasteiger partial charge on any atom is -0.398 e. The van der Waals surface area contributed by atoms with Gasteiger partial charge in [-0.05, 0) is 35.4 Å². The molecule has 19 heavy (non-hydrogen) atoms. The van der Waals surface area contributed by atoms with Crippen LogP contribution >= 0.6 is 11.6 Å². The number of aromatic nitrogens is 4. The maximum atomic E-state index is 6.22. The maximum Gasteiger partial charge on any atom is 0.185 e. The van der Waals surface area contributed by atoms with Gasteiger partial charge in [0.2, 0.25) is 0 Å². The van der Waals surface area contributed by atoms with Crippen molar-refractivity contribution in [2.24, 2.45) is 5.92 Å². The molecular formula is C13H18ClN5. The van der Waals surface area contributed by atoms with Crippen molar-refractivity contribution in [2.45, 2.75) is 33.2 Å². The van der Waals surface area contributed by atoms with E-state index in [9.17, 15) is 0 Å². The lowest BCUT2D eigenvalue weighted by Gasteiger charge is -2.20. The number of nitrogen functional groups attached to an aromatic ring is 1. The zero-order valence-corrected chi connectivity index (χ0v) is 12.1. The molecule has 0 saturated carbocycles. The normalized spacial score (nSPS) is 14.3. The molecule has 2 rings (SSSR count). The largest absolute Gasteiger partial charge is 0.398 e. The van der Waals surface area contributed by atoms with Crippen LogP contribution in [0.5, 0.6) is 0 Å². The summed E-state index contributed by atoms with van der Waals surface area (Å²) in [5.74, 6) is 1.09. The molecular weight excluding hydrogens is 262 g/mol. The smallest absolute Gasteiger partial charge is 0.185 e. The first kappa shape index (κ1) is 13.8. The van der Waals surface area contributed by atoms with Gasteiger partial charge >= 0.3 is 0 Å². The van der Waals surface area contributed by atoms with E-state index >= 15 is 0 Å². The summed E-state index contributed by atoms with van der Waals surface area (Å²) in [6, 6.07) is 5.59. The van der Waals surface area contributed by atoms with Crippen LogP contribution in [-0.2, 0) is 0 Å². The number of tetrazole rings is 1. The summed E-state index contributed by atoms with van der Waals surface area (Å²) in [6.07, 6.45) is 1.05. The van der Waals surface area contributed by atoms with Gasteiger partial charge in [-0.25, -0.2) is 4.68 Å². The Balaban J connectivity index is 2.51. The average Bonchev–Trinajstić information content (AvgIpc) is 2.85. The Morgan fingerprint density at radius 2 is 2.11 bits per heavy atom. The molecule has 0 aliphatic carbocycles. The van der Waals surface area contributed by atoms with Crippen molar-refractivity contribution in [2.75, 3.05) is 5.73 Å². The van der Waals surface area contributed by atoms with E-state index in [1.54, 1.807) is 16.8 Å². The quantitative estimate of drug-likeness (QED) is 0.873. The van der Waals surface area contributed by atoms with Crippen LogP contribution in [0.1, 0.15) is 33.2 Å². The highest BCUT2D eigenvalue weighted by atomic mass is 35.5. The molecule has 0 aliphatic heterocycles. The van der Waals surface area contributed by atoms with E-state index in [0.717, 1.165) is 6.42 Å². The Bertz CT molecular complexity index is 546. The molecule has 0 spiro atoms. The lowest BCUT2D eigenvalue weighted by atomic mass is 10.0. The Labute approximate surface area is 117 Å². The average molecular weight is 280 g/mol. The molecule has 0 amide bonds. The van der Waals surface area contributed by atoms with Gasteiger partial charge < -0.3 is 5.73 Å². The second-order valence-corrected chi connectivity index (χ2v) is 5.18. The Morgan fingerprint density at radius 3 is 2.74 bits per heavy atom. The summed E-state index contributed by atoms with van der Waals surface area (Å²) in [7, 11) is 0. The van der Waals surface area contributed by atoms with Gasteiger partial charge in [0, 0.05) is 5.69 Å². The Morgan fingerprint density at radius 1 is 1.37 bits per heavy atom. The molecule has 5 nitrogen and oxygen atoms in total. The highest BCUT2D eigenvalue weighted by molar-refractivity contribution is 6.33. The van der Waals surface area contributed by atoms with Crippen LogP contribution in [-0.4, -0.2) is 20.2 Å². The highest BCUT2D eigenvalue weighted by Crippen LogP contribution is 2.33. The summed E-state index contributed by atoms with van der Waals surface area (Å²) >= 11 is 6.22. The Hall–Kier alpha value is -1.62. The zero-order chi connectivity index (χ0) is 14.0. The molecule has 2 atom stereocenters. The van der Waals surface area contributed by atoms with Crippen LogP contribution in [0.2, 0.25) is 5.02 Å². The number of nitrogens with two attached hydrogens (primary N) is 1. The molecule has 2 N–H and O–H groups in total. The fraction of sp³-hybridized carbons (Fsp3) is 0.462. The molecule has 102 valence electrons. The predicted octanol–water partition coefficient (Wildman–Crippen LogP) is 3.18. The molecule has 2 unspecified atom stereocenters. The summed E-state index contributed by atoms with van der Waals surface area (Å²) in [4.78, 5) is 0. The van der Waals surface area contributed by atoms with Crippen LogP contribution in [0.15, 0.2) is 18.2 Å². The molecule has 6 heteroatoms. The third kappa shape index (κ3) is 2.56. The molecule has 0 fully saturated rings. The number of hydrogen-bond acceptors (Lipinski definition) is 4. The van der Waals surface area contributed by atoms with Gasteiger partial charge in [-0.1, -0.05) is 37.9 Å². The molecule has 0 saturated heterocycles. The van der Waals surface area contributed by atoms with Crippen LogP contribution in [0.3, 0.4) is 0 Å². The van der Waals surface area contributed by atoms with Gasteiger partial charge in [0.1, 0.15) is 0 Å². The van der Waals surface area contributed by atoms with Gasteiger partial charge in [0.25, 0.3) is 0 Å². The third-order valence-electron chi connectivity index (χ3n) is 3.62. The number of benzene rings is 1. The van der Waals surface area contributed by atoms with E-state index in [-0.39, 0.29) is 6.04 Å². The SMILES string of the molecule is CCC(C)C(C)n1nnnc1-c1c(N)cccc1Cl. The molecule has 0 radical (unpaired) electrons.